The monoisotopic (exact) mass is 328 g/mol. The number of halogens is 1. The van der Waals surface area contributed by atoms with Crippen molar-refractivity contribution in [2.75, 3.05) is 0 Å². The number of nitrogens with zero attached hydrogens (tertiary/aromatic N) is 1. The summed E-state index contributed by atoms with van der Waals surface area (Å²) in [6.07, 6.45) is 3.14. The van der Waals surface area contributed by atoms with Crippen molar-refractivity contribution in [2.24, 2.45) is 0 Å². The van der Waals surface area contributed by atoms with Crippen LogP contribution in [0.1, 0.15) is 19.3 Å². The van der Waals surface area contributed by atoms with Crippen molar-refractivity contribution in [2.45, 2.75) is 31.3 Å². The number of hydrogen-bond acceptors (Lipinski definition) is 3. The van der Waals surface area contributed by atoms with Crippen LogP contribution in [-0.2, 0) is 16.1 Å². The van der Waals surface area contributed by atoms with E-state index in [0.29, 0.717) is 17.3 Å². The summed E-state index contributed by atoms with van der Waals surface area (Å²) in [6.45, 7) is -0.187. The highest BCUT2D eigenvalue weighted by Gasteiger charge is 2.45. The molecule has 102 valence electrons. The van der Waals surface area contributed by atoms with E-state index in [2.05, 4.69) is 21.2 Å². The Balaban J connectivity index is 2.07. The Bertz CT molecular complexity index is 577. The fraction of sp³-hybridized carbons (Fsp3) is 0.417. The number of nitrogens with one attached hydrogen (secondary N) is 1. The molecule has 0 atom stereocenters. The Morgan fingerprint density at radius 3 is 2.63 bits per heavy atom. The van der Waals surface area contributed by atoms with Gasteiger partial charge in [0.25, 0.3) is 5.56 Å². The van der Waals surface area contributed by atoms with Crippen LogP contribution < -0.4 is 10.9 Å². The van der Waals surface area contributed by atoms with Crippen molar-refractivity contribution < 1.29 is 14.7 Å². The highest BCUT2D eigenvalue weighted by Crippen LogP contribution is 2.31. The average Bonchev–Trinajstić information content (AvgIpc) is 2.28. The molecule has 0 saturated heterocycles. The van der Waals surface area contributed by atoms with E-state index in [-0.39, 0.29) is 12.1 Å². The van der Waals surface area contributed by atoms with E-state index in [9.17, 15) is 14.4 Å². The minimum Gasteiger partial charge on any atom is -0.480 e. The molecule has 6 nitrogen and oxygen atoms in total. The fourth-order valence-electron chi connectivity index (χ4n) is 2.01. The van der Waals surface area contributed by atoms with E-state index in [1.807, 2.05) is 0 Å². The van der Waals surface area contributed by atoms with Crippen molar-refractivity contribution in [3.8, 4) is 0 Å². The second-order valence-electron chi connectivity index (χ2n) is 4.60. The topological polar surface area (TPSA) is 88.4 Å². The highest BCUT2D eigenvalue weighted by atomic mass is 79.9. The summed E-state index contributed by atoms with van der Waals surface area (Å²) >= 11 is 3.21. The maximum Gasteiger partial charge on any atom is 0.329 e. The van der Waals surface area contributed by atoms with Crippen LogP contribution in [0.15, 0.2) is 27.6 Å². The lowest BCUT2D eigenvalue weighted by Gasteiger charge is -2.38. The number of aromatic nitrogens is 1. The minimum absolute atomic E-state index is 0.187. The molecule has 0 radical (unpaired) electrons. The third kappa shape index (κ3) is 2.86. The molecular weight excluding hydrogens is 316 g/mol. The number of carbonyl (C=O) groups excluding carboxylic acids is 1. The number of amides is 1. The van der Waals surface area contributed by atoms with Gasteiger partial charge in [-0.1, -0.05) is 0 Å². The smallest absolute Gasteiger partial charge is 0.329 e. The lowest BCUT2D eigenvalue weighted by Crippen LogP contribution is -2.59. The number of carboxylic acids is 1. The van der Waals surface area contributed by atoms with Crippen LogP contribution in [0.25, 0.3) is 0 Å². The molecule has 1 aliphatic rings. The molecule has 1 aromatic rings. The van der Waals surface area contributed by atoms with Crippen LogP contribution in [0.4, 0.5) is 0 Å². The minimum atomic E-state index is -1.15. The van der Waals surface area contributed by atoms with Crippen molar-refractivity contribution in [3.05, 3.63) is 33.2 Å². The van der Waals surface area contributed by atoms with Crippen molar-refractivity contribution in [1.29, 1.82) is 0 Å². The largest absolute Gasteiger partial charge is 0.480 e. The van der Waals surface area contributed by atoms with E-state index in [1.54, 1.807) is 6.07 Å². The molecule has 2 N–H and O–H groups in total. The molecule has 0 aromatic carbocycles. The van der Waals surface area contributed by atoms with Crippen molar-refractivity contribution in [3.63, 3.8) is 0 Å². The normalized spacial score (nSPS) is 16.5. The first kappa shape index (κ1) is 13.8. The predicted molar refractivity (Wildman–Crippen MR) is 70.8 cm³/mol. The van der Waals surface area contributed by atoms with Gasteiger partial charge in [0.15, 0.2) is 0 Å². The standard InChI is InChI=1S/C12H13BrN2O4/c13-8-2-3-10(17)15(6-8)7-9(16)14-12(11(18)19)4-1-5-12/h2-3,6H,1,4-5,7H2,(H,14,16)(H,18,19). The summed E-state index contributed by atoms with van der Waals surface area (Å²) in [5, 5.41) is 11.6. The molecule has 0 aliphatic heterocycles. The average molecular weight is 329 g/mol. The summed E-state index contributed by atoms with van der Waals surface area (Å²) in [5.74, 6) is -1.49. The number of rotatable bonds is 4. The molecule has 1 aliphatic carbocycles. The van der Waals surface area contributed by atoms with Crippen molar-refractivity contribution >= 4 is 27.8 Å². The van der Waals surface area contributed by atoms with Gasteiger partial charge in [-0.05, 0) is 41.3 Å². The molecule has 1 fully saturated rings. The zero-order valence-electron chi connectivity index (χ0n) is 10.1. The first-order chi connectivity index (χ1) is 8.93. The second-order valence-corrected chi connectivity index (χ2v) is 5.52. The van der Waals surface area contributed by atoms with Gasteiger partial charge in [-0.3, -0.25) is 9.59 Å². The Hall–Kier alpha value is -1.63. The Labute approximate surface area is 117 Å². The SMILES string of the molecule is O=C(Cn1cc(Br)ccc1=O)NC1(C(=O)O)CCC1. The van der Waals surface area contributed by atoms with Crippen LogP contribution in [0, 0.1) is 0 Å². The maximum absolute atomic E-state index is 11.8. The van der Waals surface area contributed by atoms with Gasteiger partial charge < -0.3 is 15.0 Å². The quantitative estimate of drug-likeness (QED) is 0.853. The van der Waals surface area contributed by atoms with Crippen LogP contribution >= 0.6 is 15.9 Å². The van der Waals surface area contributed by atoms with E-state index in [4.69, 9.17) is 5.11 Å². The number of pyridine rings is 1. The van der Waals surface area contributed by atoms with Gasteiger partial charge in [-0.15, -0.1) is 0 Å². The third-order valence-electron chi connectivity index (χ3n) is 3.26. The van der Waals surface area contributed by atoms with Crippen LogP contribution in [0.5, 0.6) is 0 Å². The van der Waals surface area contributed by atoms with Crippen LogP contribution in [0.2, 0.25) is 0 Å². The van der Waals surface area contributed by atoms with Gasteiger partial charge in [0.2, 0.25) is 5.91 Å². The molecule has 1 amide bonds. The molecule has 1 saturated carbocycles. The molecule has 1 aromatic heterocycles. The Kier molecular flexibility index (Phi) is 3.75. The van der Waals surface area contributed by atoms with Crippen molar-refractivity contribution in [1.82, 2.24) is 9.88 Å². The Morgan fingerprint density at radius 1 is 1.42 bits per heavy atom. The lowest BCUT2D eigenvalue weighted by atomic mass is 9.77. The van der Waals surface area contributed by atoms with Gasteiger partial charge in [0.1, 0.15) is 12.1 Å². The maximum atomic E-state index is 11.8. The zero-order chi connectivity index (χ0) is 14.0. The van der Waals surface area contributed by atoms with E-state index < -0.39 is 17.4 Å². The van der Waals surface area contributed by atoms with Gasteiger partial charge >= 0.3 is 5.97 Å². The van der Waals surface area contributed by atoms with E-state index >= 15 is 0 Å². The number of hydrogen-bond donors (Lipinski definition) is 2. The number of carboxylic acid groups (broad SMARTS) is 1. The van der Waals surface area contributed by atoms with Gasteiger partial charge in [0.05, 0.1) is 0 Å². The van der Waals surface area contributed by atoms with E-state index in [1.165, 1.54) is 16.8 Å². The molecule has 19 heavy (non-hydrogen) atoms. The number of aliphatic carboxylic acids is 1. The zero-order valence-corrected chi connectivity index (χ0v) is 11.6. The summed E-state index contributed by atoms with van der Waals surface area (Å²) < 4.78 is 1.91. The number of carbonyl (C=O) groups is 2. The van der Waals surface area contributed by atoms with Crippen LogP contribution in [-0.4, -0.2) is 27.1 Å². The molecule has 1 heterocycles. The molecule has 0 unspecified atom stereocenters. The fourth-order valence-corrected chi connectivity index (χ4v) is 2.39. The summed E-state index contributed by atoms with van der Waals surface area (Å²) in [4.78, 5) is 34.5. The molecule has 0 bridgehead atoms. The molecular formula is C12H13BrN2O4. The summed E-state index contributed by atoms with van der Waals surface area (Å²) in [7, 11) is 0. The first-order valence-electron chi connectivity index (χ1n) is 5.83. The first-order valence-corrected chi connectivity index (χ1v) is 6.63. The van der Waals surface area contributed by atoms with Gasteiger partial charge in [0, 0.05) is 16.7 Å². The molecule has 7 heteroatoms. The predicted octanol–water partition coefficient (Wildman–Crippen LogP) is 0.734. The van der Waals surface area contributed by atoms with E-state index in [0.717, 1.165) is 6.42 Å². The molecule has 2 rings (SSSR count). The van der Waals surface area contributed by atoms with Gasteiger partial charge in [-0.25, -0.2) is 4.79 Å². The second kappa shape index (κ2) is 5.16. The molecule has 0 spiro atoms. The Morgan fingerprint density at radius 2 is 2.11 bits per heavy atom. The van der Waals surface area contributed by atoms with Crippen LogP contribution in [0.3, 0.4) is 0 Å². The highest BCUT2D eigenvalue weighted by molar-refractivity contribution is 9.10. The summed E-state index contributed by atoms with van der Waals surface area (Å²) in [6, 6.07) is 2.93. The third-order valence-corrected chi connectivity index (χ3v) is 3.73. The summed E-state index contributed by atoms with van der Waals surface area (Å²) in [5.41, 5.74) is -1.46. The van der Waals surface area contributed by atoms with Gasteiger partial charge in [-0.2, -0.15) is 0 Å². The lowest BCUT2D eigenvalue weighted by molar-refractivity contribution is -0.151.